The van der Waals surface area contributed by atoms with E-state index in [1.165, 1.54) is 11.8 Å². The van der Waals surface area contributed by atoms with Crippen LogP contribution in [0.5, 0.6) is 0 Å². The average molecular weight is 279 g/mol. The summed E-state index contributed by atoms with van der Waals surface area (Å²) in [6, 6.07) is 11.5. The number of aryl methyl sites for hydroxylation is 1. The Kier molecular flexibility index (Phi) is 3.51. The molecule has 1 aromatic carbocycles. The number of ether oxygens (including phenoxy) is 1. The van der Waals surface area contributed by atoms with E-state index in [2.05, 4.69) is 4.99 Å². The van der Waals surface area contributed by atoms with E-state index in [1.807, 2.05) is 37.3 Å². The number of hydrogen-bond acceptors (Lipinski definition) is 4. The van der Waals surface area contributed by atoms with Crippen LogP contribution in [0, 0.1) is 6.92 Å². The fourth-order valence-electron chi connectivity index (χ4n) is 1.85. The normalized spacial score (nSPS) is 16.5. The van der Waals surface area contributed by atoms with E-state index in [0.717, 1.165) is 5.56 Å². The van der Waals surface area contributed by atoms with Crippen molar-refractivity contribution in [1.29, 1.82) is 0 Å². The fraction of sp³-hybridized carbons (Fsp3) is 0.0588. The standard InChI is InChI=1S/C17H13NO3/c1-12-4-6-13(7-5-12)8-9-16-18-15(17(19)21-16)11-14-3-2-10-20-14/h2-11H,1H3. The fourth-order valence-corrected chi connectivity index (χ4v) is 1.85. The van der Waals surface area contributed by atoms with Crippen molar-refractivity contribution in [2.45, 2.75) is 6.92 Å². The summed E-state index contributed by atoms with van der Waals surface area (Å²) >= 11 is 0. The van der Waals surface area contributed by atoms with Gasteiger partial charge in [0.2, 0.25) is 5.90 Å². The molecule has 3 rings (SSSR count). The first-order valence-electron chi connectivity index (χ1n) is 6.51. The molecule has 4 heteroatoms. The van der Waals surface area contributed by atoms with Crippen LogP contribution in [0.15, 0.2) is 63.8 Å². The maximum Gasteiger partial charge on any atom is 0.363 e. The summed E-state index contributed by atoms with van der Waals surface area (Å²) in [4.78, 5) is 15.8. The van der Waals surface area contributed by atoms with Gasteiger partial charge in [-0.25, -0.2) is 9.79 Å². The van der Waals surface area contributed by atoms with Gasteiger partial charge in [-0.15, -0.1) is 0 Å². The number of carbonyl (C=O) groups excluding carboxylic acids is 1. The molecule has 0 spiro atoms. The highest BCUT2D eigenvalue weighted by Crippen LogP contribution is 2.16. The van der Waals surface area contributed by atoms with Crippen molar-refractivity contribution in [3.63, 3.8) is 0 Å². The minimum atomic E-state index is -0.477. The van der Waals surface area contributed by atoms with Gasteiger partial charge in [-0.2, -0.15) is 0 Å². The van der Waals surface area contributed by atoms with Crippen LogP contribution in [0.1, 0.15) is 16.9 Å². The van der Waals surface area contributed by atoms with Crippen molar-refractivity contribution in [3.05, 3.63) is 71.3 Å². The number of rotatable bonds is 3. The van der Waals surface area contributed by atoms with E-state index >= 15 is 0 Å². The van der Waals surface area contributed by atoms with Crippen LogP contribution in [0.25, 0.3) is 12.2 Å². The quantitative estimate of drug-likeness (QED) is 0.637. The zero-order chi connectivity index (χ0) is 14.7. The number of aliphatic imine (C=N–C) groups is 1. The van der Waals surface area contributed by atoms with Crippen LogP contribution in [-0.4, -0.2) is 11.9 Å². The van der Waals surface area contributed by atoms with E-state index in [-0.39, 0.29) is 11.6 Å². The van der Waals surface area contributed by atoms with Gasteiger partial charge in [0.05, 0.1) is 6.26 Å². The van der Waals surface area contributed by atoms with Crippen molar-refractivity contribution in [1.82, 2.24) is 0 Å². The molecule has 0 aliphatic carbocycles. The Morgan fingerprint density at radius 3 is 2.62 bits per heavy atom. The van der Waals surface area contributed by atoms with Crippen molar-refractivity contribution < 1.29 is 13.9 Å². The first-order valence-corrected chi connectivity index (χ1v) is 6.51. The predicted octanol–water partition coefficient (Wildman–Crippen LogP) is 3.60. The zero-order valence-electron chi connectivity index (χ0n) is 11.4. The highest BCUT2D eigenvalue weighted by Gasteiger charge is 2.21. The van der Waals surface area contributed by atoms with Crippen molar-refractivity contribution in [3.8, 4) is 0 Å². The minimum Gasteiger partial charge on any atom is -0.465 e. The predicted molar refractivity (Wildman–Crippen MR) is 80.4 cm³/mol. The Labute approximate surface area is 122 Å². The second-order valence-electron chi connectivity index (χ2n) is 4.63. The van der Waals surface area contributed by atoms with Gasteiger partial charge in [-0.3, -0.25) is 0 Å². The number of furan rings is 1. The number of carbonyl (C=O) groups is 1. The highest BCUT2D eigenvalue weighted by molar-refractivity contribution is 6.11. The minimum absolute atomic E-state index is 0.230. The van der Waals surface area contributed by atoms with Crippen LogP contribution in [0.3, 0.4) is 0 Å². The summed E-state index contributed by atoms with van der Waals surface area (Å²) in [5.74, 6) is 0.364. The molecule has 0 N–H and O–H groups in total. The molecule has 1 aliphatic rings. The Bertz CT molecular complexity index is 735. The summed E-state index contributed by atoms with van der Waals surface area (Å²) in [6.07, 6.45) is 6.61. The Morgan fingerprint density at radius 2 is 1.90 bits per heavy atom. The lowest BCUT2D eigenvalue weighted by Gasteiger charge is -1.94. The smallest absolute Gasteiger partial charge is 0.363 e. The largest absolute Gasteiger partial charge is 0.465 e. The van der Waals surface area contributed by atoms with Gasteiger partial charge in [0.1, 0.15) is 5.76 Å². The van der Waals surface area contributed by atoms with Gasteiger partial charge in [0.25, 0.3) is 0 Å². The van der Waals surface area contributed by atoms with Crippen LogP contribution in [-0.2, 0) is 9.53 Å². The molecule has 2 heterocycles. The van der Waals surface area contributed by atoms with Gasteiger partial charge in [0.15, 0.2) is 5.70 Å². The second-order valence-corrected chi connectivity index (χ2v) is 4.63. The lowest BCUT2D eigenvalue weighted by molar-refractivity contribution is -0.129. The first-order chi connectivity index (χ1) is 10.2. The van der Waals surface area contributed by atoms with Crippen LogP contribution < -0.4 is 0 Å². The topological polar surface area (TPSA) is 51.8 Å². The molecule has 0 bridgehead atoms. The van der Waals surface area contributed by atoms with Gasteiger partial charge in [0, 0.05) is 12.2 Å². The highest BCUT2D eigenvalue weighted by atomic mass is 16.6. The Hall–Kier alpha value is -2.88. The molecule has 104 valence electrons. The summed E-state index contributed by atoms with van der Waals surface area (Å²) in [7, 11) is 0. The molecular weight excluding hydrogens is 266 g/mol. The summed E-state index contributed by atoms with van der Waals surface area (Å²) in [6.45, 7) is 2.03. The number of benzene rings is 1. The van der Waals surface area contributed by atoms with E-state index in [0.29, 0.717) is 5.76 Å². The third kappa shape index (κ3) is 3.17. The lowest BCUT2D eigenvalue weighted by Crippen LogP contribution is -2.00. The molecule has 0 radical (unpaired) electrons. The maximum atomic E-state index is 11.7. The third-order valence-electron chi connectivity index (χ3n) is 2.95. The molecule has 1 aliphatic heterocycles. The van der Waals surface area contributed by atoms with E-state index in [4.69, 9.17) is 9.15 Å². The molecule has 0 saturated heterocycles. The first kappa shape index (κ1) is 13.1. The van der Waals surface area contributed by atoms with Crippen molar-refractivity contribution in [2.75, 3.05) is 0 Å². The van der Waals surface area contributed by atoms with Crippen molar-refractivity contribution >= 4 is 24.0 Å². The number of nitrogens with zero attached hydrogens (tertiary/aromatic N) is 1. The summed E-state index contributed by atoms with van der Waals surface area (Å²) in [5.41, 5.74) is 2.44. The van der Waals surface area contributed by atoms with E-state index in [1.54, 1.807) is 24.3 Å². The van der Waals surface area contributed by atoms with Gasteiger partial charge < -0.3 is 9.15 Å². The molecule has 4 nitrogen and oxygen atoms in total. The number of hydrogen-bond donors (Lipinski definition) is 0. The van der Waals surface area contributed by atoms with Gasteiger partial charge in [-0.05, 0) is 30.7 Å². The maximum absolute atomic E-state index is 11.7. The number of esters is 1. The van der Waals surface area contributed by atoms with Gasteiger partial charge in [-0.1, -0.05) is 29.8 Å². The SMILES string of the molecule is Cc1ccc(C=CC2=NC(=Cc3ccco3)C(=O)O2)cc1. The van der Waals surface area contributed by atoms with E-state index < -0.39 is 5.97 Å². The Morgan fingerprint density at radius 1 is 1.10 bits per heavy atom. The van der Waals surface area contributed by atoms with Crippen LogP contribution in [0.4, 0.5) is 0 Å². The number of cyclic esters (lactones) is 1. The molecule has 0 amide bonds. The molecule has 2 aromatic rings. The van der Waals surface area contributed by atoms with Crippen molar-refractivity contribution in [2.24, 2.45) is 4.99 Å². The summed E-state index contributed by atoms with van der Waals surface area (Å²) in [5, 5.41) is 0. The third-order valence-corrected chi connectivity index (χ3v) is 2.95. The molecule has 1 aromatic heterocycles. The monoisotopic (exact) mass is 279 g/mol. The average Bonchev–Trinajstić information content (AvgIpc) is 3.10. The molecule has 0 fully saturated rings. The molecule has 0 unspecified atom stereocenters. The molecule has 0 atom stereocenters. The zero-order valence-corrected chi connectivity index (χ0v) is 11.4. The second kappa shape index (κ2) is 5.63. The molecule has 21 heavy (non-hydrogen) atoms. The molecule has 0 saturated carbocycles. The van der Waals surface area contributed by atoms with Crippen LogP contribution in [0.2, 0.25) is 0 Å². The molecular formula is C17H13NO3. The Balaban J connectivity index is 1.77. The van der Waals surface area contributed by atoms with Crippen LogP contribution >= 0.6 is 0 Å². The van der Waals surface area contributed by atoms with Gasteiger partial charge >= 0.3 is 5.97 Å². The summed E-state index contributed by atoms with van der Waals surface area (Å²) < 4.78 is 10.2. The lowest BCUT2D eigenvalue weighted by atomic mass is 10.1. The van der Waals surface area contributed by atoms with E-state index in [9.17, 15) is 4.79 Å².